The Hall–Kier alpha value is -5.82. The van der Waals surface area contributed by atoms with Crippen LogP contribution in [0.5, 0.6) is 11.5 Å². The predicted molar refractivity (Wildman–Crippen MR) is 196 cm³/mol. The molecule has 1 aliphatic heterocycles. The van der Waals surface area contributed by atoms with Crippen LogP contribution in [0.1, 0.15) is 47.1 Å². The number of aliphatic hydroxyl groups excluding tert-OH is 1. The van der Waals surface area contributed by atoms with E-state index >= 15 is 0 Å². The molecule has 1 aliphatic rings. The summed E-state index contributed by atoms with van der Waals surface area (Å²) in [7, 11) is 3.14. The molecule has 1 fully saturated rings. The van der Waals surface area contributed by atoms with Gasteiger partial charge in [-0.1, -0.05) is 86.6 Å². The van der Waals surface area contributed by atoms with Crippen molar-refractivity contribution in [2.24, 2.45) is 5.92 Å². The minimum absolute atomic E-state index is 0.0559. The minimum Gasteiger partial charge on any atom is -0.497 e. The first-order valence-electron chi connectivity index (χ1n) is 17.1. The van der Waals surface area contributed by atoms with Gasteiger partial charge in [0.15, 0.2) is 12.3 Å². The van der Waals surface area contributed by atoms with E-state index in [1.807, 2.05) is 54.6 Å². The number of ether oxygens (including phenoxy) is 5. The summed E-state index contributed by atoms with van der Waals surface area (Å²) in [6.45, 7) is 3.14. The van der Waals surface area contributed by atoms with E-state index < -0.39 is 41.8 Å². The fraction of sp³-hybridized carbons (Fsp3) is 0.268. The Labute approximate surface area is 306 Å². The van der Waals surface area contributed by atoms with Crippen LogP contribution in [0.3, 0.4) is 0 Å². The number of methoxy groups -OCH3 is 2. The summed E-state index contributed by atoms with van der Waals surface area (Å²) in [6, 6.07) is 33.9. The highest BCUT2D eigenvalue weighted by Crippen LogP contribution is 2.45. The summed E-state index contributed by atoms with van der Waals surface area (Å²) in [5.41, 5.74) is -0.000725. The number of hydrogen-bond acceptors (Lipinski definition) is 10. The van der Waals surface area contributed by atoms with Gasteiger partial charge in [0, 0.05) is 12.1 Å². The van der Waals surface area contributed by atoms with Crippen molar-refractivity contribution in [2.45, 2.75) is 44.0 Å². The third-order valence-corrected chi connectivity index (χ3v) is 9.04. The molecule has 4 aromatic carbocycles. The summed E-state index contributed by atoms with van der Waals surface area (Å²) in [4.78, 5) is 43.9. The van der Waals surface area contributed by atoms with Crippen molar-refractivity contribution in [3.8, 4) is 11.5 Å². The number of hydrogen-bond donors (Lipinski definition) is 2. The van der Waals surface area contributed by atoms with E-state index in [0.29, 0.717) is 28.2 Å². The number of amides is 1. The number of nitrogens with zero attached hydrogens (tertiary/aromatic N) is 2. The summed E-state index contributed by atoms with van der Waals surface area (Å²) < 4.78 is 31.8. The average Bonchev–Trinajstić information content (AvgIpc) is 3.19. The molecular formula is C41H41N3O9. The normalized spacial score (nSPS) is 18.6. The molecule has 2 N–H and O–H groups in total. The van der Waals surface area contributed by atoms with Crippen molar-refractivity contribution < 1.29 is 38.4 Å². The first-order chi connectivity index (χ1) is 25.6. The van der Waals surface area contributed by atoms with Gasteiger partial charge in [0.05, 0.1) is 26.4 Å². The molecule has 0 spiro atoms. The fourth-order valence-electron chi connectivity index (χ4n) is 6.22. The Kier molecular flexibility index (Phi) is 11.3. The monoisotopic (exact) mass is 719 g/mol. The lowest BCUT2D eigenvalue weighted by Crippen LogP contribution is -2.57. The number of anilines is 1. The summed E-state index contributed by atoms with van der Waals surface area (Å²) >= 11 is 0. The van der Waals surface area contributed by atoms with Gasteiger partial charge in [-0.2, -0.15) is 4.98 Å². The maximum Gasteiger partial charge on any atom is 0.351 e. The highest BCUT2D eigenvalue weighted by atomic mass is 16.6. The van der Waals surface area contributed by atoms with Crippen molar-refractivity contribution in [3.05, 3.63) is 154 Å². The van der Waals surface area contributed by atoms with E-state index in [2.05, 4.69) is 10.3 Å². The Balaban J connectivity index is 1.55. The second-order valence-corrected chi connectivity index (χ2v) is 12.8. The second-order valence-electron chi connectivity index (χ2n) is 12.8. The topological polar surface area (TPSA) is 147 Å². The van der Waals surface area contributed by atoms with E-state index in [4.69, 9.17) is 23.7 Å². The highest BCUT2D eigenvalue weighted by Gasteiger charge is 2.51. The largest absolute Gasteiger partial charge is 0.497 e. The zero-order chi connectivity index (χ0) is 37.5. The summed E-state index contributed by atoms with van der Waals surface area (Å²) in [5.74, 6) is -0.0937. The van der Waals surface area contributed by atoms with Gasteiger partial charge in [0.2, 0.25) is 5.91 Å². The van der Waals surface area contributed by atoms with E-state index in [1.165, 1.54) is 16.8 Å². The number of carbonyl (C=O) groups is 2. The van der Waals surface area contributed by atoms with Crippen molar-refractivity contribution >= 4 is 17.7 Å². The third-order valence-electron chi connectivity index (χ3n) is 9.04. The lowest BCUT2D eigenvalue weighted by atomic mass is 9.79. The zero-order valence-corrected chi connectivity index (χ0v) is 29.7. The molecule has 0 bridgehead atoms. The molecule has 0 aliphatic carbocycles. The lowest BCUT2D eigenvalue weighted by molar-refractivity contribution is -0.248. The number of carbonyl (C=O) groups excluding carboxylic acids is 2. The molecule has 4 atom stereocenters. The standard InChI is InChI=1S/C41H41N3O9/c1-26(2)37(46)42-34-23-24-44(40(48)43-34)38-36(35(33(45)25-51-38)52-39(47)27-11-7-5-8-12-27)53-41(28-13-9-6-10-14-28,29-15-19-31(49-3)20-16-29)30-17-21-32(50-4)22-18-30/h5-24,26,33,35-36,38,45H,25H2,1-4H3,(H,42,43,46,48)/t33-,35-,36+,38+/m0/s1. The van der Waals surface area contributed by atoms with Crippen LogP contribution in [0.25, 0.3) is 0 Å². The molecule has 53 heavy (non-hydrogen) atoms. The van der Waals surface area contributed by atoms with Crippen molar-refractivity contribution in [1.82, 2.24) is 9.55 Å². The van der Waals surface area contributed by atoms with Crippen LogP contribution in [0.2, 0.25) is 0 Å². The molecule has 12 nitrogen and oxygen atoms in total. The molecule has 12 heteroatoms. The Morgan fingerprint density at radius 2 is 1.36 bits per heavy atom. The van der Waals surface area contributed by atoms with Gasteiger partial charge in [-0.25, -0.2) is 9.59 Å². The Bertz CT molecular complexity index is 2010. The minimum atomic E-state index is -1.47. The van der Waals surface area contributed by atoms with Gasteiger partial charge in [-0.3, -0.25) is 9.36 Å². The first-order valence-corrected chi connectivity index (χ1v) is 17.1. The molecule has 0 radical (unpaired) electrons. The van der Waals surface area contributed by atoms with Crippen molar-refractivity contribution in [3.63, 3.8) is 0 Å². The molecule has 1 amide bonds. The van der Waals surface area contributed by atoms with Gasteiger partial charge in [0.1, 0.15) is 35.1 Å². The highest BCUT2D eigenvalue weighted by molar-refractivity contribution is 5.91. The van der Waals surface area contributed by atoms with Crippen LogP contribution in [0.4, 0.5) is 5.82 Å². The molecule has 1 aromatic heterocycles. The number of aromatic nitrogens is 2. The summed E-state index contributed by atoms with van der Waals surface area (Å²) in [5, 5.41) is 14.2. The van der Waals surface area contributed by atoms with Crippen LogP contribution in [0.15, 0.2) is 126 Å². The maximum absolute atomic E-state index is 13.8. The van der Waals surface area contributed by atoms with Gasteiger partial charge >= 0.3 is 11.7 Å². The number of benzene rings is 4. The van der Waals surface area contributed by atoms with Crippen molar-refractivity contribution in [1.29, 1.82) is 0 Å². The summed E-state index contributed by atoms with van der Waals surface area (Å²) in [6.07, 6.45) is -3.91. The van der Waals surface area contributed by atoms with E-state index in [1.54, 1.807) is 82.7 Å². The fourth-order valence-corrected chi connectivity index (χ4v) is 6.22. The van der Waals surface area contributed by atoms with E-state index in [0.717, 1.165) is 0 Å². The van der Waals surface area contributed by atoms with E-state index in [-0.39, 0.29) is 29.8 Å². The molecule has 2 heterocycles. The Morgan fingerprint density at radius 1 is 0.811 bits per heavy atom. The Morgan fingerprint density at radius 3 is 1.89 bits per heavy atom. The van der Waals surface area contributed by atoms with Crippen molar-refractivity contribution in [2.75, 3.05) is 26.1 Å². The second kappa shape index (κ2) is 16.2. The average molecular weight is 720 g/mol. The van der Waals surface area contributed by atoms with E-state index in [9.17, 15) is 19.5 Å². The number of aliphatic hydroxyl groups is 1. The third kappa shape index (κ3) is 7.85. The van der Waals surface area contributed by atoms with Gasteiger partial charge in [0.25, 0.3) is 0 Å². The molecule has 0 saturated carbocycles. The number of esters is 1. The predicted octanol–water partition coefficient (Wildman–Crippen LogP) is 5.35. The zero-order valence-electron chi connectivity index (χ0n) is 29.7. The van der Waals surface area contributed by atoms with Crippen LogP contribution in [0, 0.1) is 5.92 Å². The van der Waals surface area contributed by atoms with Gasteiger partial charge < -0.3 is 34.1 Å². The molecular weight excluding hydrogens is 678 g/mol. The molecule has 274 valence electrons. The SMILES string of the molecule is COc1ccc(C(O[C@@H]2[C@@H](OC(=O)c3ccccc3)[C@@H](O)CO[C@H]2n2ccc(NC(=O)C(C)C)nc2=O)(c2ccccc2)c2ccc(OC)cc2)cc1. The molecule has 1 saturated heterocycles. The quantitative estimate of drug-likeness (QED) is 0.128. The van der Waals surface area contributed by atoms with Gasteiger partial charge in [-0.05, 0) is 59.2 Å². The van der Waals surface area contributed by atoms with Crippen LogP contribution in [-0.4, -0.2) is 65.7 Å². The molecule has 5 aromatic rings. The lowest BCUT2D eigenvalue weighted by Gasteiger charge is -2.46. The van der Waals surface area contributed by atoms with Crippen LogP contribution < -0.4 is 20.5 Å². The smallest absolute Gasteiger partial charge is 0.351 e. The van der Waals surface area contributed by atoms with Crippen LogP contribution in [-0.2, 0) is 24.6 Å². The van der Waals surface area contributed by atoms with Crippen LogP contribution >= 0.6 is 0 Å². The molecule has 6 rings (SSSR count). The first kappa shape index (κ1) is 37.0. The maximum atomic E-state index is 13.8. The number of rotatable bonds is 12. The molecule has 0 unspecified atom stereocenters. The number of nitrogens with one attached hydrogen (secondary N) is 1. The van der Waals surface area contributed by atoms with Gasteiger partial charge in [-0.15, -0.1) is 0 Å².